The fraction of sp³-hybridized carbons (Fsp3) is 0.0294. The van der Waals surface area contributed by atoms with E-state index < -0.39 is 0 Å². The Balaban J connectivity index is 1.42. The lowest BCUT2D eigenvalue weighted by atomic mass is 10.0. The number of hydrogen-bond donors (Lipinski definition) is 0. The topological polar surface area (TPSA) is 61.7 Å². The smallest absolute Gasteiger partial charge is 0.227 e. The molecule has 6 nitrogen and oxygen atoms in total. The first-order valence-corrected chi connectivity index (χ1v) is 13.2. The second kappa shape index (κ2) is 8.78. The first-order valence-electron chi connectivity index (χ1n) is 13.2. The summed E-state index contributed by atoms with van der Waals surface area (Å²) in [6.07, 6.45) is 5.63. The van der Waals surface area contributed by atoms with Crippen LogP contribution in [-0.2, 0) is 7.05 Å². The zero-order valence-corrected chi connectivity index (χ0v) is 21.7. The molecule has 0 saturated carbocycles. The number of benzene rings is 4. The van der Waals surface area contributed by atoms with Crippen molar-refractivity contribution in [3.05, 3.63) is 122 Å². The van der Waals surface area contributed by atoms with E-state index in [9.17, 15) is 0 Å². The molecule has 4 heterocycles. The molecule has 40 heavy (non-hydrogen) atoms. The number of pyridine rings is 1. The van der Waals surface area contributed by atoms with Crippen LogP contribution < -0.4 is 0 Å². The Morgan fingerprint density at radius 1 is 0.650 bits per heavy atom. The van der Waals surface area contributed by atoms with E-state index in [4.69, 9.17) is 9.40 Å². The molecule has 0 aliphatic heterocycles. The first kappa shape index (κ1) is 22.5. The second-order valence-corrected chi connectivity index (χ2v) is 9.92. The molecule has 0 aliphatic carbocycles. The first-order chi connectivity index (χ1) is 19.7. The van der Waals surface area contributed by atoms with Crippen molar-refractivity contribution in [1.29, 1.82) is 0 Å². The van der Waals surface area contributed by atoms with Crippen LogP contribution in [0.3, 0.4) is 0 Å². The Hall–Kier alpha value is -5.49. The van der Waals surface area contributed by atoms with Crippen molar-refractivity contribution in [1.82, 2.24) is 24.1 Å². The molecule has 0 amide bonds. The molecule has 8 aromatic rings. The Morgan fingerprint density at radius 2 is 1.48 bits per heavy atom. The fourth-order valence-electron chi connectivity index (χ4n) is 5.57. The van der Waals surface area contributed by atoms with Gasteiger partial charge in [-0.2, -0.15) is 0 Å². The van der Waals surface area contributed by atoms with Crippen LogP contribution >= 0.6 is 0 Å². The van der Waals surface area contributed by atoms with Gasteiger partial charge >= 0.3 is 0 Å². The molecule has 4 aromatic heterocycles. The van der Waals surface area contributed by atoms with Gasteiger partial charge in [0.25, 0.3) is 0 Å². The number of imidazole rings is 1. The molecular formula is C34H23N5O. The molecule has 0 aliphatic rings. The van der Waals surface area contributed by atoms with E-state index in [-0.39, 0.29) is 0 Å². The summed E-state index contributed by atoms with van der Waals surface area (Å²) in [5, 5.41) is 2.35. The van der Waals surface area contributed by atoms with Crippen molar-refractivity contribution in [3.8, 4) is 39.8 Å². The van der Waals surface area contributed by atoms with Crippen LogP contribution in [0.15, 0.2) is 126 Å². The average molecular weight is 518 g/mol. The van der Waals surface area contributed by atoms with Crippen LogP contribution in [0.4, 0.5) is 0 Å². The Bertz CT molecular complexity index is 2150. The van der Waals surface area contributed by atoms with Crippen LogP contribution in [0.5, 0.6) is 0 Å². The third kappa shape index (κ3) is 3.54. The van der Waals surface area contributed by atoms with Gasteiger partial charge in [0.15, 0.2) is 5.58 Å². The summed E-state index contributed by atoms with van der Waals surface area (Å²) in [5.74, 6) is 1.50. The van der Waals surface area contributed by atoms with E-state index in [0.717, 1.165) is 61.4 Å². The summed E-state index contributed by atoms with van der Waals surface area (Å²) in [6.45, 7) is 0. The maximum absolute atomic E-state index is 6.14. The Labute approximate surface area is 229 Å². The van der Waals surface area contributed by atoms with Crippen molar-refractivity contribution < 1.29 is 4.42 Å². The largest absolute Gasteiger partial charge is 0.436 e. The SMILES string of the molecule is Cn1ccnc1-c1cc(-c2ccccn2)cc(-n2c3ccccc3c3ccc(-c4nc5ccccc5o4)cc32)c1. The van der Waals surface area contributed by atoms with E-state index in [1.807, 2.05) is 72.7 Å². The van der Waals surface area contributed by atoms with Crippen LogP contribution in [0.25, 0.3) is 72.7 Å². The van der Waals surface area contributed by atoms with Gasteiger partial charge < -0.3 is 13.6 Å². The zero-order valence-electron chi connectivity index (χ0n) is 21.7. The highest BCUT2D eigenvalue weighted by atomic mass is 16.3. The van der Waals surface area contributed by atoms with E-state index in [1.165, 1.54) is 5.39 Å². The minimum absolute atomic E-state index is 0.607. The van der Waals surface area contributed by atoms with Gasteiger partial charge in [-0.05, 0) is 60.7 Å². The van der Waals surface area contributed by atoms with E-state index in [0.29, 0.717) is 5.89 Å². The lowest BCUT2D eigenvalue weighted by molar-refractivity contribution is 0.620. The third-order valence-electron chi connectivity index (χ3n) is 7.43. The molecule has 0 atom stereocenters. The fourth-order valence-corrected chi connectivity index (χ4v) is 5.57. The summed E-state index contributed by atoms with van der Waals surface area (Å²) in [4.78, 5) is 14.1. The predicted octanol–water partition coefficient (Wildman–Crippen LogP) is 8.05. The van der Waals surface area contributed by atoms with Crippen molar-refractivity contribution >= 4 is 32.9 Å². The van der Waals surface area contributed by atoms with E-state index >= 15 is 0 Å². The minimum atomic E-state index is 0.607. The summed E-state index contributed by atoms with van der Waals surface area (Å²) in [6, 6.07) is 35.4. The highest BCUT2D eigenvalue weighted by Crippen LogP contribution is 2.37. The van der Waals surface area contributed by atoms with Gasteiger partial charge in [-0.15, -0.1) is 0 Å². The maximum atomic E-state index is 6.14. The van der Waals surface area contributed by atoms with Gasteiger partial charge in [0.2, 0.25) is 5.89 Å². The van der Waals surface area contributed by atoms with Gasteiger partial charge in [-0.1, -0.05) is 42.5 Å². The predicted molar refractivity (Wildman–Crippen MR) is 159 cm³/mol. The van der Waals surface area contributed by atoms with Crippen LogP contribution in [0, 0.1) is 0 Å². The van der Waals surface area contributed by atoms with Crippen LogP contribution in [0.2, 0.25) is 0 Å². The number of oxazole rings is 1. The monoisotopic (exact) mass is 517 g/mol. The highest BCUT2D eigenvalue weighted by Gasteiger charge is 2.17. The normalized spacial score (nSPS) is 11.6. The summed E-state index contributed by atoms with van der Waals surface area (Å²) in [7, 11) is 2.02. The number of aromatic nitrogens is 5. The Kier molecular flexibility index (Phi) is 4.94. The number of nitrogens with zero attached hydrogens (tertiary/aromatic N) is 5. The standard InChI is InChI=1S/C34H23N5O/c1-38-17-16-36-33(38)24-18-23(28-9-6-7-15-35-28)19-25(20-24)39-30-11-4-2-8-26(30)27-14-13-22(21-31(27)39)34-37-29-10-3-5-12-32(29)40-34/h2-21H,1H3. The minimum Gasteiger partial charge on any atom is -0.436 e. The Morgan fingerprint density at radius 3 is 2.33 bits per heavy atom. The average Bonchev–Trinajstić information content (AvgIpc) is 3.72. The zero-order chi connectivity index (χ0) is 26.6. The molecule has 8 rings (SSSR count). The number of hydrogen-bond acceptors (Lipinski definition) is 4. The van der Waals surface area contributed by atoms with Crippen molar-refractivity contribution in [2.75, 3.05) is 0 Å². The number of rotatable bonds is 4. The molecule has 0 bridgehead atoms. The molecule has 0 radical (unpaired) electrons. The third-order valence-corrected chi connectivity index (χ3v) is 7.43. The van der Waals surface area contributed by atoms with E-state index in [2.05, 4.69) is 75.2 Å². The summed E-state index contributed by atoms with van der Waals surface area (Å²) < 4.78 is 10.5. The van der Waals surface area contributed by atoms with Crippen LogP contribution in [0.1, 0.15) is 0 Å². The van der Waals surface area contributed by atoms with Gasteiger partial charge in [-0.3, -0.25) is 4.98 Å². The summed E-state index contributed by atoms with van der Waals surface area (Å²) >= 11 is 0. The molecule has 6 heteroatoms. The molecule has 0 unspecified atom stereocenters. The molecule has 0 fully saturated rings. The van der Waals surface area contributed by atoms with Gasteiger partial charge in [0.05, 0.1) is 16.7 Å². The van der Waals surface area contributed by atoms with Gasteiger partial charge in [0, 0.05) is 58.8 Å². The molecule has 4 aromatic carbocycles. The van der Waals surface area contributed by atoms with Gasteiger partial charge in [-0.25, -0.2) is 9.97 Å². The lowest BCUT2D eigenvalue weighted by Crippen LogP contribution is -1.98. The quantitative estimate of drug-likeness (QED) is 0.237. The number of para-hydroxylation sites is 3. The number of aryl methyl sites for hydroxylation is 1. The van der Waals surface area contributed by atoms with E-state index in [1.54, 1.807) is 0 Å². The molecule has 0 saturated heterocycles. The highest BCUT2D eigenvalue weighted by molar-refractivity contribution is 6.10. The molecule has 0 N–H and O–H groups in total. The molecule has 0 spiro atoms. The van der Waals surface area contributed by atoms with Crippen molar-refractivity contribution in [2.24, 2.45) is 7.05 Å². The van der Waals surface area contributed by atoms with Crippen LogP contribution in [-0.4, -0.2) is 24.1 Å². The maximum Gasteiger partial charge on any atom is 0.227 e. The second-order valence-electron chi connectivity index (χ2n) is 9.92. The van der Waals surface area contributed by atoms with Gasteiger partial charge in [0.1, 0.15) is 11.3 Å². The number of fused-ring (bicyclic) bond motifs is 4. The van der Waals surface area contributed by atoms with Crippen molar-refractivity contribution in [3.63, 3.8) is 0 Å². The summed E-state index contributed by atoms with van der Waals surface area (Å²) in [5.41, 5.74) is 8.74. The van der Waals surface area contributed by atoms with Crippen molar-refractivity contribution in [2.45, 2.75) is 0 Å². The lowest BCUT2D eigenvalue weighted by Gasteiger charge is -2.13. The molecule has 190 valence electrons. The molecular weight excluding hydrogens is 494 g/mol.